The predicted octanol–water partition coefficient (Wildman–Crippen LogP) is 3.47. The van der Waals surface area contributed by atoms with E-state index in [4.69, 9.17) is 5.11 Å². The van der Waals surface area contributed by atoms with Crippen molar-refractivity contribution in [1.82, 2.24) is 10.3 Å². The molecular formula is C15H17BrN2O2S. The smallest absolute Gasteiger partial charge is 0.303 e. The number of carboxylic acids is 1. The average Bonchev–Trinajstić information content (AvgIpc) is 2.88. The Bertz CT molecular complexity index is 574. The molecule has 0 spiro atoms. The van der Waals surface area contributed by atoms with Crippen LogP contribution in [-0.4, -0.2) is 22.1 Å². The van der Waals surface area contributed by atoms with Crippen LogP contribution in [0.2, 0.25) is 0 Å². The van der Waals surface area contributed by atoms with Gasteiger partial charge in [0.25, 0.3) is 0 Å². The Labute approximate surface area is 136 Å². The van der Waals surface area contributed by atoms with Crippen LogP contribution in [0.3, 0.4) is 0 Å². The fourth-order valence-corrected chi connectivity index (χ4v) is 3.33. The summed E-state index contributed by atoms with van der Waals surface area (Å²) in [5.41, 5.74) is 1.21. The molecule has 1 heterocycles. The number of hydrogen-bond acceptors (Lipinski definition) is 4. The van der Waals surface area contributed by atoms with E-state index in [9.17, 15) is 4.79 Å². The van der Waals surface area contributed by atoms with Gasteiger partial charge in [0, 0.05) is 19.0 Å². The van der Waals surface area contributed by atoms with E-state index in [2.05, 4.69) is 38.4 Å². The fraction of sp³-hybridized carbons (Fsp3) is 0.333. The highest BCUT2D eigenvalue weighted by atomic mass is 79.9. The lowest BCUT2D eigenvalue weighted by atomic mass is 10.0. The maximum Gasteiger partial charge on any atom is 0.303 e. The van der Waals surface area contributed by atoms with Gasteiger partial charge in [-0.05, 0) is 34.3 Å². The quantitative estimate of drug-likeness (QED) is 0.748. The topological polar surface area (TPSA) is 62.2 Å². The lowest BCUT2D eigenvalue weighted by Gasteiger charge is -2.17. The minimum atomic E-state index is -0.758. The van der Waals surface area contributed by atoms with Crippen molar-refractivity contribution in [2.75, 3.05) is 0 Å². The maximum atomic E-state index is 10.8. The van der Waals surface area contributed by atoms with Crippen LogP contribution < -0.4 is 5.32 Å². The summed E-state index contributed by atoms with van der Waals surface area (Å²) in [5, 5.41) is 13.3. The first-order valence-corrected chi connectivity index (χ1v) is 8.34. The zero-order valence-corrected chi connectivity index (χ0v) is 13.9. The van der Waals surface area contributed by atoms with Crippen molar-refractivity contribution in [3.8, 4) is 0 Å². The van der Waals surface area contributed by atoms with Crippen LogP contribution in [-0.2, 0) is 17.8 Å². The number of thiazole rings is 1. The Kier molecular flexibility index (Phi) is 6.35. The van der Waals surface area contributed by atoms with Gasteiger partial charge in [-0.3, -0.25) is 4.79 Å². The Morgan fingerprint density at radius 1 is 1.38 bits per heavy atom. The lowest BCUT2D eigenvalue weighted by molar-refractivity contribution is -0.137. The van der Waals surface area contributed by atoms with Gasteiger partial charge in [0.1, 0.15) is 5.01 Å². The standard InChI is InChI=1S/C15H17BrN2O2S/c16-13-9-18-14(21-13)10-17-12(6-7-15(19)20)8-11-4-2-1-3-5-11/h1-5,9,12,17H,6-8,10H2,(H,19,20). The van der Waals surface area contributed by atoms with Crippen LogP contribution >= 0.6 is 27.3 Å². The molecule has 0 amide bonds. The van der Waals surface area contributed by atoms with Gasteiger partial charge in [0.05, 0.1) is 9.98 Å². The molecule has 0 aliphatic rings. The first-order chi connectivity index (χ1) is 10.1. The van der Waals surface area contributed by atoms with Crippen molar-refractivity contribution in [3.63, 3.8) is 0 Å². The minimum absolute atomic E-state index is 0.131. The van der Waals surface area contributed by atoms with Gasteiger partial charge >= 0.3 is 5.97 Å². The first kappa shape index (κ1) is 16.1. The summed E-state index contributed by atoms with van der Waals surface area (Å²) < 4.78 is 1.00. The number of nitrogens with one attached hydrogen (secondary N) is 1. The summed E-state index contributed by atoms with van der Waals surface area (Å²) >= 11 is 4.98. The Morgan fingerprint density at radius 2 is 2.14 bits per heavy atom. The molecule has 0 radical (unpaired) electrons. The van der Waals surface area contributed by atoms with Crippen LogP contribution in [0.15, 0.2) is 40.3 Å². The summed E-state index contributed by atoms with van der Waals surface area (Å²) in [7, 11) is 0. The minimum Gasteiger partial charge on any atom is -0.481 e. The first-order valence-electron chi connectivity index (χ1n) is 6.73. The second-order valence-electron chi connectivity index (χ2n) is 4.76. The lowest BCUT2D eigenvalue weighted by Crippen LogP contribution is -2.31. The maximum absolute atomic E-state index is 10.8. The molecule has 2 rings (SSSR count). The van der Waals surface area contributed by atoms with Crippen molar-refractivity contribution in [3.05, 3.63) is 50.9 Å². The van der Waals surface area contributed by atoms with Crippen molar-refractivity contribution >= 4 is 33.2 Å². The van der Waals surface area contributed by atoms with Crippen LogP contribution in [0.5, 0.6) is 0 Å². The third-order valence-corrected chi connectivity index (χ3v) is 4.58. The molecule has 0 aliphatic heterocycles. The van der Waals surface area contributed by atoms with Crippen molar-refractivity contribution in [1.29, 1.82) is 0 Å². The summed E-state index contributed by atoms with van der Waals surface area (Å²) in [6.45, 7) is 0.660. The summed E-state index contributed by atoms with van der Waals surface area (Å²) in [4.78, 5) is 15.1. The average molecular weight is 369 g/mol. The van der Waals surface area contributed by atoms with E-state index < -0.39 is 5.97 Å². The van der Waals surface area contributed by atoms with E-state index in [0.29, 0.717) is 13.0 Å². The molecule has 112 valence electrons. The molecule has 1 atom stereocenters. The monoisotopic (exact) mass is 368 g/mol. The Balaban J connectivity index is 1.92. The summed E-state index contributed by atoms with van der Waals surface area (Å²) in [5.74, 6) is -0.758. The van der Waals surface area contributed by atoms with Crippen LogP contribution in [0.1, 0.15) is 23.4 Å². The van der Waals surface area contributed by atoms with Crippen LogP contribution in [0, 0.1) is 0 Å². The SMILES string of the molecule is O=C(O)CCC(Cc1ccccc1)NCc1ncc(Br)s1. The van der Waals surface area contributed by atoms with Gasteiger partial charge in [-0.1, -0.05) is 30.3 Å². The molecule has 4 nitrogen and oxygen atoms in total. The molecule has 21 heavy (non-hydrogen) atoms. The Morgan fingerprint density at radius 3 is 2.76 bits per heavy atom. The molecule has 2 N–H and O–H groups in total. The molecule has 6 heteroatoms. The number of carbonyl (C=O) groups is 1. The third-order valence-electron chi connectivity index (χ3n) is 3.10. The molecule has 2 aromatic rings. The van der Waals surface area contributed by atoms with Gasteiger partial charge in [-0.25, -0.2) is 4.98 Å². The molecule has 0 saturated carbocycles. The molecule has 0 saturated heterocycles. The van der Waals surface area contributed by atoms with Crippen molar-refractivity contribution < 1.29 is 9.90 Å². The second kappa shape index (κ2) is 8.26. The Hall–Kier alpha value is -1.24. The normalized spacial score (nSPS) is 12.2. The highest BCUT2D eigenvalue weighted by molar-refractivity contribution is 9.11. The third kappa shape index (κ3) is 5.95. The summed E-state index contributed by atoms with van der Waals surface area (Å²) in [6.07, 6.45) is 3.38. The van der Waals surface area contributed by atoms with Gasteiger partial charge in [0.2, 0.25) is 0 Å². The number of benzene rings is 1. The fourth-order valence-electron chi connectivity index (χ4n) is 2.07. The van der Waals surface area contributed by atoms with Crippen molar-refractivity contribution in [2.24, 2.45) is 0 Å². The second-order valence-corrected chi connectivity index (χ2v) is 7.25. The summed E-state index contributed by atoms with van der Waals surface area (Å²) in [6, 6.07) is 10.2. The predicted molar refractivity (Wildman–Crippen MR) is 87.5 cm³/mol. The van der Waals surface area contributed by atoms with E-state index in [-0.39, 0.29) is 12.5 Å². The van der Waals surface area contributed by atoms with E-state index in [0.717, 1.165) is 15.2 Å². The largest absolute Gasteiger partial charge is 0.481 e. The van der Waals surface area contributed by atoms with E-state index in [1.54, 1.807) is 17.5 Å². The zero-order valence-electron chi connectivity index (χ0n) is 11.5. The van der Waals surface area contributed by atoms with Crippen LogP contribution in [0.25, 0.3) is 0 Å². The van der Waals surface area contributed by atoms with Gasteiger partial charge < -0.3 is 10.4 Å². The number of rotatable bonds is 8. The van der Waals surface area contributed by atoms with E-state index in [1.165, 1.54) is 5.56 Å². The highest BCUT2D eigenvalue weighted by Gasteiger charge is 2.12. The van der Waals surface area contributed by atoms with Gasteiger partial charge in [0.15, 0.2) is 0 Å². The number of halogens is 1. The number of nitrogens with zero attached hydrogens (tertiary/aromatic N) is 1. The molecular weight excluding hydrogens is 352 g/mol. The van der Waals surface area contributed by atoms with E-state index >= 15 is 0 Å². The highest BCUT2D eigenvalue weighted by Crippen LogP contribution is 2.19. The molecule has 0 bridgehead atoms. The van der Waals surface area contributed by atoms with Gasteiger partial charge in [-0.2, -0.15) is 0 Å². The molecule has 1 aromatic carbocycles. The number of aliphatic carboxylic acids is 1. The van der Waals surface area contributed by atoms with Gasteiger partial charge in [-0.15, -0.1) is 11.3 Å². The molecule has 0 fully saturated rings. The van der Waals surface area contributed by atoms with E-state index in [1.807, 2.05) is 18.2 Å². The number of aromatic nitrogens is 1. The van der Waals surface area contributed by atoms with Crippen molar-refractivity contribution in [2.45, 2.75) is 31.8 Å². The zero-order chi connectivity index (χ0) is 15.1. The number of hydrogen-bond donors (Lipinski definition) is 2. The molecule has 1 aromatic heterocycles. The molecule has 0 aliphatic carbocycles. The van der Waals surface area contributed by atoms with Crippen LogP contribution in [0.4, 0.5) is 0 Å². The number of carboxylic acid groups (broad SMARTS) is 1. The molecule has 1 unspecified atom stereocenters.